The van der Waals surface area contributed by atoms with Crippen LogP contribution in [0, 0.1) is 11.3 Å². The molecular formula is C24H30N4O. The van der Waals surface area contributed by atoms with Crippen molar-refractivity contribution >= 4 is 22.7 Å². The zero-order valence-corrected chi connectivity index (χ0v) is 17.6. The van der Waals surface area contributed by atoms with Gasteiger partial charge in [-0.1, -0.05) is 45.4 Å². The Morgan fingerprint density at radius 1 is 1.07 bits per heavy atom. The number of para-hydroxylation sites is 1. The minimum atomic E-state index is 0.0278. The molecule has 0 saturated heterocycles. The van der Waals surface area contributed by atoms with Crippen LogP contribution in [0.15, 0.2) is 53.5 Å². The van der Waals surface area contributed by atoms with Crippen LogP contribution in [0.1, 0.15) is 58.9 Å². The van der Waals surface area contributed by atoms with E-state index < -0.39 is 0 Å². The summed E-state index contributed by atoms with van der Waals surface area (Å²) in [6.45, 7) is 7.02. The zero-order chi connectivity index (χ0) is 20.4. The lowest BCUT2D eigenvalue weighted by molar-refractivity contribution is 0.130. The summed E-state index contributed by atoms with van der Waals surface area (Å²) in [6, 6.07) is 13.5. The van der Waals surface area contributed by atoms with Gasteiger partial charge in [0.05, 0.1) is 0 Å². The second kappa shape index (κ2) is 7.97. The van der Waals surface area contributed by atoms with E-state index in [4.69, 9.17) is 4.98 Å². The predicted octanol–water partition coefficient (Wildman–Crippen LogP) is 5.70. The Labute approximate surface area is 172 Å². The highest BCUT2D eigenvalue weighted by Gasteiger charge is 2.33. The van der Waals surface area contributed by atoms with E-state index in [1.807, 2.05) is 41.0 Å². The van der Waals surface area contributed by atoms with Crippen molar-refractivity contribution < 1.29 is 0 Å². The first kappa shape index (κ1) is 19.6. The van der Waals surface area contributed by atoms with Gasteiger partial charge in [-0.3, -0.25) is 9.36 Å². The fourth-order valence-electron chi connectivity index (χ4n) is 4.51. The van der Waals surface area contributed by atoms with Gasteiger partial charge in [0.15, 0.2) is 0 Å². The van der Waals surface area contributed by atoms with Crippen LogP contribution in [0.5, 0.6) is 0 Å². The summed E-state index contributed by atoms with van der Waals surface area (Å²) in [5, 5.41) is 4.14. The Morgan fingerprint density at radius 2 is 1.79 bits per heavy atom. The topological polar surface area (TPSA) is 59.8 Å². The molecule has 4 rings (SSSR count). The second-order valence-corrected chi connectivity index (χ2v) is 8.85. The Bertz CT molecular complexity index is 1030. The van der Waals surface area contributed by atoms with E-state index in [1.165, 1.54) is 6.42 Å². The van der Waals surface area contributed by atoms with Crippen molar-refractivity contribution in [1.82, 2.24) is 14.5 Å². The van der Waals surface area contributed by atoms with Gasteiger partial charge in [-0.2, -0.15) is 4.98 Å². The number of hydrogen-bond donors (Lipinski definition) is 1. The highest BCUT2D eigenvalue weighted by molar-refractivity contribution is 5.75. The summed E-state index contributed by atoms with van der Waals surface area (Å²) >= 11 is 0. The fourth-order valence-corrected chi connectivity index (χ4v) is 4.51. The van der Waals surface area contributed by atoms with Crippen LogP contribution >= 0.6 is 0 Å². The van der Waals surface area contributed by atoms with Gasteiger partial charge in [0.25, 0.3) is 5.56 Å². The molecule has 152 valence electrons. The lowest BCUT2D eigenvalue weighted by Gasteiger charge is -2.39. The minimum Gasteiger partial charge on any atom is -0.324 e. The van der Waals surface area contributed by atoms with Gasteiger partial charge in [0.2, 0.25) is 5.95 Å². The number of nitrogens with one attached hydrogen (secondary N) is 1. The number of anilines is 2. The Balaban J connectivity index is 1.64. The van der Waals surface area contributed by atoms with E-state index in [-0.39, 0.29) is 11.6 Å². The average Bonchev–Trinajstić information content (AvgIpc) is 2.74. The highest BCUT2D eigenvalue weighted by Crippen LogP contribution is 2.43. The first-order valence-electron chi connectivity index (χ1n) is 10.7. The number of fused-ring (bicyclic) bond motifs is 1. The van der Waals surface area contributed by atoms with Crippen LogP contribution in [0.4, 0.5) is 11.6 Å². The third kappa shape index (κ3) is 4.04. The Kier molecular flexibility index (Phi) is 5.39. The summed E-state index contributed by atoms with van der Waals surface area (Å²) in [7, 11) is 0. The van der Waals surface area contributed by atoms with Crippen LogP contribution in [0.3, 0.4) is 0 Å². The molecule has 0 bridgehead atoms. The molecule has 1 aliphatic carbocycles. The minimum absolute atomic E-state index is 0.0278. The van der Waals surface area contributed by atoms with E-state index in [2.05, 4.69) is 31.1 Å². The van der Waals surface area contributed by atoms with Crippen molar-refractivity contribution in [3.05, 3.63) is 59.0 Å². The van der Waals surface area contributed by atoms with E-state index in [1.54, 1.807) is 12.3 Å². The van der Waals surface area contributed by atoms with Crippen LogP contribution in [-0.2, 0) is 0 Å². The molecule has 1 saturated carbocycles. The van der Waals surface area contributed by atoms with Gasteiger partial charge in [0, 0.05) is 29.4 Å². The smallest absolute Gasteiger partial charge is 0.252 e. The molecule has 5 nitrogen and oxygen atoms in total. The molecular weight excluding hydrogens is 360 g/mol. The molecule has 1 N–H and O–H groups in total. The van der Waals surface area contributed by atoms with Gasteiger partial charge in [-0.15, -0.1) is 0 Å². The number of aromatic nitrogens is 3. The van der Waals surface area contributed by atoms with E-state index in [9.17, 15) is 4.79 Å². The lowest BCUT2D eigenvalue weighted by atomic mass is 9.69. The summed E-state index contributed by atoms with van der Waals surface area (Å²) in [6.07, 6.45) is 7.37. The first-order chi connectivity index (χ1) is 14.0. The van der Waals surface area contributed by atoms with Gasteiger partial charge in [-0.25, -0.2) is 4.98 Å². The van der Waals surface area contributed by atoms with E-state index in [0.29, 0.717) is 11.4 Å². The van der Waals surface area contributed by atoms with E-state index >= 15 is 0 Å². The van der Waals surface area contributed by atoms with Crippen LogP contribution in [0.2, 0.25) is 0 Å². The maximum atomic E-state index is 12.8. The monoisotopic (exact) mass is 390 g/mol. The molecule has 5 heteroatoms. The molecule has 3 aromatic rings. The predicted molar refractivity (Wildman–Crippen MR) is 119 cm³/mol. The molecule has 1 aromatic carbocycles. The molecule has 0 unspecified atom stereocenters. The van der Waals surface area contributed by atoms with Crippen molar-refractivity contribution in [2.75, 3.05) is 5.32 Å². The number of rotatable bonds is 5. The van der Waals surface area contributed by atoms with Crippen molar-refractivity contribution in [3.8, 4) is 0 Å². The largest absolute Gasteiger partial charge is 0.324 e. The number of benzene rings is 1. The van der Waals surface area contributed by atoms with Crippen molar-refractivity contribution in [3.63, 3.8) is 0 Å². The second-order valence-electron chi connectivity index (χ2n) is 8.85. The standard InChI is InChI=1S/C24H30N4O/c1-4-24(2,3)18-11-13-20(14-12-18)28-21(29)15-10-17-16-25-23(27-22(17)28)26-19-8-6-5-7-9-19/h5-10,15-16,18,20H,4,11-14H2,1-3H3,(H,25,26,27). The Morgan fingerprint density at radius 3 is 2.48 bits per heavy atom. The quantitative estimate of drug-likeness (QED) is 0.607. The molecule has 0 radical (unpaired) electrons. The fraction of sp³-hybridized carbons (Fsp3) is 0.458. The Hall–Kier alpha value is -2.69. The van der Waals surface area contributed by atoms with Crippen LogP contribution in [-0.4, -0.2) is 14.5 Å². The van der Waals surface area contributed by atoms with Gasteiger partial charge in [-0.05, 0) is 55.2 Å². The molecule has 0 amide bonds. The maximum Gasteiger partial charge on any atom is 0.252 e. The molecule has 0 atom stereocenters. The maximum absolute atomic E-state index is 12.8. The SMILES string of the molecule is CCC(C)(C)C1CCC(n2c(=O)ccc3cnc(Nc4ccccc4)nc32)CC1. The van der Waals surface area contributed by atoms with Crippen molar-refractivity contribution in [2.45, 2.75) is 58.9 Å². The van der Waals surface area contributed by atoms with Crippen molar-refractivity contribution in [1.29, 1.82) is 0 Å². The molecule has 2 aromatic heterocycles. The summed E-state index contributed by atoms with van der Waals surface area (Å²) in [5.41, 5.74) is 2.05. The average molecular weight is 391 g/mol. The lowest BCUT2D eigenvalue weighted by Crippen LogP contribution is -2.32. The molecule has 0 spiro atoms. The zero-order valence-electron chi connectivity index (χ0n) is 17.6. The molecule has 29 heavy (non-hydrogen) atoms. The molecule has 1 fully saturated rings. The molecule has 2 heterocycles. The highest BCUT2D eigenvalue weighted by atomic mass is 16.1. The summed E-state index contributed by atoms with van der Waals surface area (Å²) < 4.78 is 1.91. The normalized spacial score (nSPS) is 20.0. The van der Waals surface area contributed by atoms with Crippen molar-refractivity contribution in [2.24, 2.45) is 11.3 Å². The van der Waals surface area contributed by atoms with Gasteiger partial charge in [0.1, 0.15) is 5.65 Å². The third-order valence-corrected chi connectivity index (χ3v) is 6.78. The summed E-state index contributed by atoms with van der Waals surface area (Å²) in [5.74, 6) is 1.24. The number of nitrogens with zero attached hydrogens (tertiary/aromatic N) is 3. The van der Waals surface area contributed by atoms with Gasteiger partial charge < -0.3 is 5.32 Å². The first-order valence-corrected chi connectivity index (χ1v) is 10.7. The number of pyridine rings is 1. The van der Waals surface area contributed by atoms with Gasteiger partial charge >= 0.3 is 0 Å². The summed E-state index contributed by atoms with van der Waals surface area (Å²) in [4.78, 5) is 22.0. The van der Waals surface area contributed by atoms with Crippen LogP contribution < -0.4 is 10.9 Å². The number of hydrogen-bond acceptors (Lipinski definition) is 4. The van der Waals surface area contributed by atoms with E-state index in [0.717, 1.165) is 48.3 Å². The van der Waals surface area contributed by atoms with Crippen LogP contribution in [0.25, 0.3) is 11.0 Å². The molecule has 0 aliphatic heterocycles. The molecule has 1 aliphatic rings. The third-order valence-electron chi connectivity index (χ3n) is 6.78.